The Bertz CT molecular complexity index is 1180. The second-order valence-electron chi connectivity index (χ2n) is 8.49. The molecule has 1 saturated heterocycles. The van der Waals surface area contributed by atoms with Crippen molar-refractivity contribution in [3.05, 3.63) is 88.0 Å². The Kier molecular flexibility index (Phi) is 7.72. The van der Waals surface area contributed by atoms with Gasteiger partial charge in [-0.25, -0.2) is 0 Å². The van der Waals surface area contributed by atoms with E-state index in [1.807, 2.05) is 54.6 Å². The van der Waals surface area contributed by atoms with Gasteiger partial charge in [0.15, 0.2) is 5.76 Å². The van der Waals surface area contributed by atoms with Crippen LogP contribution in [-0.2, 0) is 16.1 Å². The molecule has 1 aromatic heterocycles. The molecule has 1 fully saturated rings. The zero-order chi connectivity index (χ0) is 24.8. The Morgan fingerprint density at radius 2 is 1.71 bits per heavy atom. The molecule has 1 aliphatic rings. The van der Waals surface area contributed by atoms with Gasteiger partial charge in [-0.3, -0.25) is 14.5 Å². The van der Waals surface area contributed by atoms with Crippen LogP contribution in [0.1, 0.15) is 29.4 Å². The van der Waals surface area contributed by atoms with Crippen LogP contribution in [0.15, 0.2) is 69.9 Å². The van der Waals surface area contributed by atoms with Gasteiger partial charge in [-0.1, -0.05) is 30.3 Å². The van der Waals surface area contributed by atoms with E-state index < -0.39 is 23.1 Å². The van der Waals surface area contributed by atoms with Gasteiger partial charge in [0.2, 0.25) is 11.2 Å². The number of rotatable bonds is 8. The molecule has 2 heterocycles. The lowest BCUT2D eigenvalue weighted by Crippen LogP contribution is -2.46. The van der Waals surface area contributed by atoms with Crippen LogP contribution in [0.3, 0.4) is 0 Å². The molecule has 0 amide bonds. The van der Waals surface area contributed by atoms with Gasteiger partial charge in [0.25, 0.3) is 0 Å². The summed E-state index contributed by atoms with van der Waals surface area (Å²) in [5.41, 5.74) is 1.36. The summed E-state index contributed by atoms with van der Waals surface area (Å²) in [6, 6.07) is 18.5. The van der Waals surface area contributed by atoms with Crippen molar-refractivity contribution in [3.8, 4) is 11.5 Å². The fourth-order valence-corrected chi connectivity index (χ4v) is 4.34. The number of carbonyl (C=O) groups is 1. The van der Waals surface area contributed by atoms with E-state index in [9.17, 15) is 14.7 Å². The van der Waals surface area contributed by atoms with Crippen LogP contribution in [0.4, 0.5) is 5.69 Å². The molecule has 1 N–H and O–H groups in total. The van der Waals surface area contributed by atoms with Gasteiger partial charge < -0.3 is 23.9 Å². The van der Waals surface area contributed by atoms with Crippen LogP contribution in [0, 0.1) is 0 Å². The van der Waals surface area contributed by atoms with Crippen molar-refractivity contribution in [1.82, 2.24) is 4.90 Å². The molecule has 1 atom stereocenters. The van der Waals surface area contributed by atoms with Gasteiger partial charge in [0, 0.05) is 37.9 Å². The maximum absolute atomic E-state index is 12.6. The highest BCUT2D eigenvalue weighted by molar-refractivity contribution is 5.71. The number of methoxy groups -OCH3 is 2. The van der Waals surface area contributed by atoms with E-state index in [2.05, 4.69) is 9.80 Å². The summed E-state index contributed by atoms with van der Waals surface area (Å²) in [4.78, 5) is 29.2. The van der Waals surface area contributed by atoms with Crippen LogP contribution < -0.4 is 15.1 Å². The molecule has 1 aliphatic heterocycles. The Balaban J connectivity index is 1.50. The number of benzene rings is 2. The molecule has 0 saturated carbocycles. The molecule has 4 rings (SSSR count). The van der Waals surface area contributed by atoms with E-state index in [1.165, 1.54) is 13.2 Å². The molecule has 0 bridgehead atoms. The van der Waals surface area contributed by atoms with Gasteiger partial charge in [0.05, 0.1) is 33.1 Å². The summed E-state index contributed by atoms with van der Waals surface area (Å²) in [5.74, 6) is -0.209. The highest BCUT2D eigenvalue weighted by Crippen LogP contribution is 2.33. The maximum atomic E-state index is 12.6. The molecular weight excluding hydrogens is 448 g/mol. The van der Waals surface area contributed by atoms with E-state index in [1.54, 1.807) is 7.11 Å². The lowest BCUT2D eigenvalue weighted by molar-refractivity contribution is -0.140. The molecule has 184 valence electrons. The summed E-state index contributed by atoms with van der Waals surface area (Å²) in [6.07, 6.45) is -0.0546. The molecule has 35 heavy (non-hydrogen) atoms. The van der Waals surface area contributed by atoms with Gasteiger partial charge in [0.1, 0.15) is 11.5 Å². The van der Waals surface area contributed by atoms with E-state index in [0.717, 1.165) is 43.2 Å². The second-order valence-corrected chi connectivity index (χ2v) is 8.49. The minimum atomic E-state index is -0.636. The van der Waals surface area contributed by atoms with Crippen LogP contribution in [-0.4, -0.2) is 56.4 Å². The zero-order valence-corrected chi connectivity index (χ0v) is 20.0. The van der Waals surface area contributed by atoms with Crippen molar-refractivity contribution >= 4 is 11.7 Å². The monoisotopic (exact) mass is 478 g/mol. The average molecular weight is 479 g/mol. The Hall–Kier alpha value is -3.78. The number of ether oxygens (including phenoxy) is 2. The third-order valence-electron chi connectivity index (χ3n) is 6.31. The van der Waals surface area contributed by atoms with Crippen LogP contribution >= 0.6 is 0 Å². The van der Waals surface area contributed by atoms with Crippen molar-refractivity contribution in [2.24, 2.45) is 0 Å². The first-order chi connectivity index (χ1) is 17.0. The molecule has 0 aliphatic carbocycles. The number of piperazine rings is 1. The molecule has 8 nitrogen and oxygen atoms in total. The summed E-state index contributed by atoms with van der Waals surface area (Å²) in [7, 11) is 2.96. The van der Waals surface area contributed by atoms with Crippen molar-refractivity contribution in [1.29, 1.82) is 0 Å². The lowest BCUT2D eigenvalue weighted by atomic mass is 9.92. The van der Waals surface area contributed by atoms with Gasteiger partial charge >= 0.3 is 5.97 Å². The van der Waals surface area contributed by atoms with Crippen molar-refractivity contribution in [2.75, 3.05) is 45.3 Å². The SMILES string of the molecule is COC(=O)C[C@H](c1ccccc1)c1oc(CN2CCN(c3ccc(OC)cc3)CC2)cc(=O)c1O. The number of hydrogen-bond acceptors (Lipinski definition) is 8. The largest absolute Gasteiger partial charge is 0.502 e. The van der Waals surface area contributed by atoms with Gasteiger partial charge in [-0.15, -0.1) is 0 Å². The molecule has 3 aromatic rings. The molecule has 0 unspecified atom stereocenters. The molecular formula is C27H30N2O6. The minimum absolute atomic E-state index is 0.0546. The number of hydrogen-bond donors (Lipinski definition) is 1. The maximum Gasteiger partial charge on any atom is 0.306 e. The van der Waals surface area contributed by atoms with Crippen molar-refractivity contribution < 1.29 is 23.8 Å². The summed E-state index contributed by atoms with van der Waals surface area (Å²) < 4.78 is 16.1. The first-order valence-corrected chi connectivity index (χ1v) is 11.6. The number of anilines is 1. The molecule has 0 spiro atoms. The van der Waals surface area contributed by atoms with E-state index in [4.69, 9.17) is 13.9 Å². The van der Waals surface area contributed by atoms with Crippen molar-refractivity contribution in [2.45, 2.75) is 18.9 Å². The van der Waals surface area contributed by atoms with Crippen LogP contribution in [0.2, 0.25) is 0 Å². The average Bonchev–Trinajstić information content (AvgIpc) is 2.90. The van der Waals surface area contributed by atoms with E-state index in [0.29, 0.717) is 12.3 Å². The molecule has 0 radical (unpaired) electrons. The normalized spacial score (nSPS) is 15.0. The Labute approximate surface area is 204 Å². The van der Waals surface area contributed by atoms with Crippen molar-refractivity contribution in [3.63, 3.8) is 0 Å². The van der Waals surface area contributed by atoms with Crippen LogP contribution in [0.5, 0.6) is 11.5 Å². The van der Waals surface area contributed by atoms with E-state index >= 15 is 0 Å². The smallest absolute Gasteiger partial charge is 0.306 e. The van der Waals surface area contributed by atoms with Crippen LogP contribution in [0.25, 0.3) is 0 Å². The first-order valence-electron chi connectivity index (χ1n) is 11.6. The van der Waals surface area contributed by atoms with Gasteiger partial charge in [-0.05, 0) is 29.8 Å². The molecule has 8 heteroatoms. The Morgan fingerprint density at radius 3 is 2.34 bits per heavy atom. The fourth-order valence-electron chi connectivity index (χ4n) is 4.34. The third-order valence-corrected chi connectivity index (χ3v) is 6.31. The number of esters is 1. The summed E-state index contributed by atoms with van der Waals surface area (Å²) in [5, 5.41) is 10.6. The quantitative estimate of drug-likeness (QED) is 0.493. The second kappa shape index (κ2) is 11.1. The number of aromatic hydroxyl groups is 1. The third kappa shape index (κ3) is 5.84. The lowest BCUT2D eigenvalue weighted by Gasteiger charge is -2.36. The summed E-state index contributed by atoms with van der Waals surface area (Å²) in [6.45, 7) is 3.66. The predicted octanol–water partition coefficient (Wildman–Crippen LogP) is 3.37. The molecule has 2 aromatic carbocycles. The topological polar surface area (TPSA) is 92.5 Å². The predicted molar refractivity (Wildman–Crippen MR) is 132 cm³/mol. The Morgan fingerprint density at radius 1 is 1.03 bits per heavy atom. The highest BCUT2D eigenvalue weighted by Gasteiger charge is 2.27. The summed E-state index contributed by atoms with van der Waals surface area (Å²) >= 11 is 0. The van der Waals surface area contributed by atoms with E-state index in [-0.39, 0.29) is 12.2 Å². The minimum Gasteiger partial charge on any atom is -0.502 e. The van der Waals surface area contributed by atoms with Gasteiger partial charge in [-0.2, -0.15) is 0 Å². The standard InChI is InChI=1S/C27H30N2O6/c1-33-21-10-8-20(9-11-21)29-14-12-28(13-15-29)18-22-16-24(30)26(32)27(35-22)23(17-25(31)34-2)19-6-4-3-5-7-19/h3-11,16,23,32H,12-15,17-18H2,1-2H3/t23-/m1/s1. The highest BCUT2D eigenvalue weighted by atomic mass is 16.5. The number of nitrogens with zero attached hydrogens (tertiary/aromatic N) is 2. The number of carbonyl (C=O) groups excluding carboxylic acids is 1. The fraction of sp³-hybridized carbons (Fsp3) is 0.333. The zero-order valence-electron chi connectivity index (χ0n) is 20.0. The first kappa shape index (κ1) is 24.3.